The summed E-state index contributed by atoms with van der Waals surface area (Å²) in [6, 6.07) is 0.687. The second-order valence-corrected chi connectivity index (χ2v) is 5.79. The number of hydrogen-bond donors (Lipinski definition) is 1. The molecule has 0 bridgehead atoms. The second kappa shape index (κ2) is 3.79. The maximum Gasteiger partial charge on any atom is 0.0694 e. The lowest BCUT2D eigenvalue weighted by molar-refractivity contribution is 0.00245. The minimum Gasteiger partial charge on any atom is -0.378 e. The van der Waals surface area contributed by atoms with Crippen LogP contribution in [0.2, 0.25) is 0 Å². The first-order valence-electron chi connectivity index (χ1n) is 5.23. The summed E-state index contributed by atoms with van der Waals surface area (Å²) in [6.07, 6.45) is 4.08. The van der Waals surface area contributed by atoms with Crippen molar-refractivity contribution in [1.82, 2.24) is 5.32 Å². The molecule has 0 saturated carbocycles. The Balaban J connectivity index is 2.00. The Hall–Kier alpha value is 0.270. The van der Waals surface area contributed by atoms with E-state index in [-0.39, 0.29) is 0 Å². The van der Waals surface area contributed by atoms with Crippen molar-refractivity contribution in [1.29, 1.82) is 0 Å². The van der Waals surface area contributed by atoms with Crippen molar-refractivity contribution in [2.24, 2.45) is 0 Å². The molecule has 2 aliphatic heterocycles. The molecule has 2 aliphatic rings. The third kappa shape index (κ3) is 2.20. The quantitative estimate of drug-likeness (QED) is 0.647. The lowest BCUT2D eigenvalue weighted by Gasteiger charge is -2.45. The molecule has 13 heavy (non-hydrogen) atoms. The Bertz CT molecular complexity index is 166. The Kier molecular flexibility index (Phi) is 2.86. The van der Waals surface area contributed by atoms with E-state index in [1.54, 1.807) is 0 Å². The fraction of sp³-hybridized carbons (Fsp3) is 1.00. The van der Waals surface area contributed by atoms with Crippen molar-refractivity contribution < 1.29 is 4.74 Å². The van der Waals surface area contributed by atoms with Gasteiger partial charge < -0.3 is 10.1 Å². The fourth-order valence-electron chi connectivity index (χ4n) is 2.31. The molecular weight excluding hydrogens is 182 g/mol. The summed E-state index contributed by atoms with van der Waals surface area (Å²) in [7, 11) is 0. The number of thioether (sulfide) groups is 1. The minimum atomic E-state index is 0.343. The maximum atomic E-state index is 5.59. The van der Waals surface area contributed by atoms with E-state index in [0.29, 0.717) is 17.0 Å². The average molecular weight is 201 g/mol. The summed E-state index contributed by atoms with van der Waals surface area (Å²) in [5.41, 5.74) is 0. The van der Waals surface area contributed by atoms with Crippen LogP contribution >= 0.6 is 11.8 Å². The molecule has 3 atom stereocenters. The Labute approximate surface area is 84.8 Å². The maximum absolute atomic E-state index is 5.59. The molecule has 1 spiro atoms. The lowest BCUT2D eigenvalue weighted by Crippen LogP contribution is -2.54. The predicted molar refractivity (Wildman–Crippen MR) is 57.1 cm³/mol. The first kappa shape index (κ1) is 9.81. The number of ether oxygens (including phenoxy) is 1. The van der Waals surface area contributed by atoms with E-state index in [0.717, 1.165) is 6.61 Å². The van der Waals surface area contributed by atoms with E-state index >= 15 is 0 Å². The molecule has 2 heterocycles. The van der Waals surface area contributed by atoms with Crippen LogP contribution in [-0.2, 0) is 4.74 Å². The van der Waals surface area contributed by atoms with Gasteiger partial charge in [0.15, 0.2) is 0 Å². The van der Waals surface area contributed by atoms with Gasteiger partial charge in [-0.1, -0.05) is 0 Å². The van der Waals surface area contributed by atoms with Gasteiger partial charge in [-0.15, -0.1) is 11.8 Å². The SMILES string of the molecule is CC1CCSC2(CCOC(C)C2)N1. The molecule has 2 rings (SSSR count). The van der Waals surface area contributed by atoms with Crippen LogP contribution in [0, 0.1) is 0 Å². The van der Waals surface area contributed by atoms with Gasteiger partial charge in [-0.3, -0.25) is 0 Å². The first-order chi connectivity index (χ1) is 6.20. The lowest BCUT2D eigenvalue weighted by atomic mass is 10.0. The van der Waals surface area contributed by atoms with E-state index in [4.69, 9.17) is 4.74 Å². The fourth-order valence-corrected chi connectivity index (χ4v) is 4.03. The molecule has 3 heteroatoms. The number of hydrogen-bond acceptors (Lipinski definition) is 3. The third-order valence-corrected chi connectivity index (χ3v) is 4.45. The standard InChI is InChI=1S/C10H19NOS/c1-8-3-6-13-10(11-8)4-5-12-9(2)7-10/h8-9,11H,3-7H2,1-2H3. The van der Waals surface area contributed by atoms with E-state index in [1.807, 2.05) is 0 Å². The molecule has 0 aliphatic carbocycles. The van der Waals surface area contributed by atoms with Crippen LogP contribution in [0.15, 0.2) is 0 Å². The zero-order valence-corrected chi connectivity index (χ0v) is 9.32. The highest BCUT2D eigenvalue weighted by molar-refractivity contribution is 8.00. The molecule has 76 valence electrons. The van der Waals surface area contributed by atoms with Crippen LogP contribution in [-0.4, -0.2) is 29.4 Å². The Morgan fingerprint density at radius 2 is 2.31 bits per heavy atom. The van der Waals surface area contributed by atoms with Gasteiger partial charge in [0.05, 0.1) is 11.0 Å². The average Bonchev–Trinajstić information content (AvgIpc) is 2.02. The molecule has 2 fully saturated rings. The van der Waals surface area contributed by atoms with Crippen LogP contribution in [0.4, 0.5) is 0 Å². The monoisotopic (exact) mass is 201 g/mol. The Morgan fingerprint density at radius 1 is 1.46 bits per heavy atom. The van der Waals surface area contributed by atoms with E-state index in [2.05, 4.69) is 30.9 Å². The smallest absolute Gasteiger partial charge is 0.0694 e. The second-order valence-electron chi connectivity index (χ2n) is 4.31. The van der Waals surface area contributed by atoms with Crippen molar-refractivity contribution in [3.05, 3.63) is 0 Å². The zero-order chi connectivity index (χ0) is 9.31. The highest BCUT2D eigenvalue weighted by Gasteiger charge is 2.38. The van der Waals surface area contributed by atoms with Gasteiger partial charge in [0, 0.05) is 19.1 Å². The largest absolute Gasteiger partial charge is 0.378 e. The summed E-state index contributed by atoms with van der Waals surface area (Å²) < 4.78 is 5.59. The van der Waals surface area contributed by atoms with Crippen molar-refractivity contribution in [2.75, 3.05) is 12.4 Å². The topological polar surface area (TPSA) is 21.3 Å². The molecule has 0 amide bonds. The van der Waals surface area contributed by atoms with Crippen LogP contribution < -0.4 is 5.32 Å². The Morgan fingerprint density at radius 3 is 3.00 bits per heavy atom. The van der Waals surface area contributed by atoms with Crippen molar-refractivity contribution >= 4 is 11.8 Å². The normalized spacial score (nSPS) is 46.6. The molecule has 1 N–H and O–H groups in total. The predicted octanol–water partition coefficient (Wildman–Crippen LogP) is 2.00. The third-order valence-electron chi connectivity index (χ3n) is 2.96. The van der Waals surface area contributed by atoms with Gasteiger partial charge in [0.1, 0.15) is 0 Å². The number of nitrogens with one attached hydrogen (secondary N) is 1. The van der Waals surface area contributed by atoms with E-state index in [9.17, 15) is 0 Å². The van der Waals surface area contributed by atoms with Gasteiger partial charge >= 0.3 is 0 Å². The molecule has 0 aromatic heterocycles. The van der Waals surface area contributed by atoms with Crippen molar-refractivity contribution in [2.45, 2.75) is 50.1 Å². The van der Waals surface area contributed by atoms with Gasteiger partial charge in [-0.2, -0.15) is 0 Å². The molecular formula is C10H19NOS. The molecule has 2 nitrogen and oxygen atoms in total. The van der Waals surface area contributed by atoms with Gasteiger partial charge in [-0.05, 0) is 32.4 Å². The summed E-state index contributed by atoms with van der Waals surface area (Å²) in [5.74, 6) is 1.31. The molecule has 0 aromatic rings. The zero-order valence-electron chi connectivity index (χ0n) is 8.51. The summed E-state index contributed by atoms with van der Waals surface area (Å²) in [4.78, 5) is 0.343. The molecule has 0 radical (unpaired) electrons. The van der Waals surface area contributed by atoms with Gasteiger partial charge in [-0.25, -0.2) is 0 Å². The van der Waals surface area contributed by atoms with Gasteiger partial charge in [0.25, 0.3) is 0 Å². The van der Waals surface area contributed by atoms with Crippen LogP contribution in [0.5, 0.6) is 0 Å². The van der Waals surface area contributed by atoms with E-state index < -0.39 is 0 Å². The number of rotatable bonds is 0. The minimum absolute atomic E-state index is 0.343. The summed E-state index contributed by atoms with van der Waals surface area (Å²) >= 11 is 2.10. The van der Waals surface area contributed by atoms with Crippen LogP contribution in [0.25, 0.3) is 0 Å². The van der Waals surface area contributed by atoms with Crippen molar-refractivity contribution in [3.63, 3.8) is 0 Å². The summed E-state index contributed by atoms with van der Waals surface area (Å²) in [6.45, 7) is 5.40. The van der Waals surface area contributed by atoms with Crippen LogP contribution in [0.1, 0.15) is 33.1 Å². The highest BCUT2D eigenvalue weighted by Crippen LogP contribution is 2.39. The highest BCUT2D eigenvalue weighted by atomic mass is 32.2. The van der Waals surface area contributed by atoms with Gasteiger partial charge in [0.2, 0.25) is 0 Å². The van der Waals surface area contributed by atoms with Crippen LogP contribution in [0.3, 0.4) is 0 Å². The first-order valence-corrected chi connectivity index (χ1v) is 6.22. The summed E-state index contributed by atoms with van der Waals surface area (Å²) in [5, 5.41) is 3.75. The molecule has 3 unspecified atom stereocenters. The van der Waals surface area contributed by atoms with E-state index in [1.165, 1.54) is 25.0 Å². The molecule has 2 saturated heterocycles. The van der Waals surface area contributed by atoms with Crippen molar-refractivity contribution in [3.8, 4) is 0 Å². The molecule has 0 aromatic carbocycles.